The van der Waals surface area contributed by atoms with E-state index in [2.05, 4.69) is 10.1 Å². The Hall–Kier alpha value is -1.05. The summed E-state index contributed by atoms with van der Waals surface area (Å²) in [5.41, 5.74) is 0.842. The van der Waals surface area contributed by atoms with Crippen molar-refractivity contribution in [2.75, 3.05) is 26.2 Å². The van der Waals surface area contributed by atoms with Crippen molar-refractivity contribution in [3.63, 3.8) is 0 Å². The number of hydrogen-bond acceptors (Lipinski definition) is 6. The number of rotatable bonds is 6. The summed E-state index contributed by atoms with van der Waals surface area (Å²) < 4.78 is 5.45. The summed E-state index contributed by atoms with van der Waals surface area (Å²) in [7, 11) is 0. The van der Waals surface area contributed by atoms with Gasteiger partial charge < -0.3 is 14.5 Å². The number of aliphatic hydroxyl groups excluding tert-OH is 1. The molecule has 1 aromatic heterocycles. The second-order valence-corrected chi connectivity index (χ2v) is 8.78. The highest BCUT2D eigenvalue weighted by Gasteiger charge is 2.53. The molecule has 1 N–H and O–H groups in total. The summed E-state index contributed by atoms with van der Waals surface area (Å²) in [4.78, 5) is 18.2. The molecule has 2 atom stereocenters. The number of thioether (sulfide) groups is 1. The lowest BCUT2D eigenvalue weighted by molar-refractivity contribution is -0.104. The van der Waals surface area contributed by atoms with Gasteiger partial charge in [-0.25, -0.2) is 0 Å². The first-order valence-corrected chi connectivity index (χ1v) is 10.4. The summed E-state index contributed by atoms with van der Waals surface area (Å²) in [5.74, 6) is 0.447. The Morgan fingerprint density at radius 2 is 2.08 bits per heavy atom. The van der Waals surface area contributed by atoms with Crippen LogP contribution in [0, 0.1) is 6.92 Å². The highest BCUT2D eigenvalue weighted by Crippen LogP contribution is 2.40. The highest BCUT2D eigenvalue weighted by molar-refractivity contribution is 8.00. The third kappa shape index (κ3) is 3.22. The molecule has 4 rings (SSSR count). The maximum Gasteiger partial charge on any atom is 0.294 e. The Morgan fingerprint density at radius 1 is 1.28 bits per heavy atom. The van der Waals surface area contributed by atoms with Crippen LogP contribution in [-0.2, 0) is 0 Å². The third-order valence-corrected chi connectivity index (χ3v) is 7.34. The molecule has 0 aromatic carbocycles. The number of hydrogen-bond donors (Lipinski definition) is 1. The molecule has 2 aliphatic heterocycles. The first-order valence-electron chi connectivity index (χ1n) is 9.48. The Morgan fingerprint density at radius 3 is 2.76 bits per heavy atom. The second-order valence-electron chi connectivity index (χ2n) is 7.47. The quantitative estimate of drug-likeness (QED) is 0.834. The van der Waals surface area contributed by atoms with Crippen LogP contribution < -0.4 is 0 Å². The van der Waals surface area contributed by atoms with E-state index in [1.807, 2.05) is 11.8 Å². The first kappa shape index (κ1) is 17.4. The molecule has 0 spiro atoms. The van der Waals surface area contributed by atoms with Gasteiger partial charge in [0.15, 0.2) is 0 Å². The number of aromatic nitrogens is 1. The smallest absolute Gasteiger partial charge is 0.294 e. The van der Waals surface area contributed by atoms with E-state index in [9.17, 15) is 4.79 Å². The van der Waals surface area contributed by atoms with Crippen LogP contribution in [0.25, 0.3) is 0 Å². The summed E-state index contributed by atoms with van der Waals surface area (Å²) in [6.45, 7) is 4.76. The molecule has 138 valence electrons. The van der Waals surface area contributed by atoms with E-state index in [-0.39, 0.29) is 12.5 Å². The fraction of sp³-hybridized carbons (Fsp3) is 0.778. The van der Waals surface area contributed by atoms with Gasteiger partial charge in [0.2, 0.25) is 5.76 Å². The van der Waals surface area contributed by atoms with Crippen LogP contribution in [0.1, 0.15) is 54.8 Å². The highest BCUT2D eigenvalue weighted by atomic mass is 32.2. The van der Waals surface area contributed by atoms with Crippen LogP contribution >= 0.6 is 11.8 Å². The molecule has 6 nitrogen and oxygen atoms in total. The third-order valence-electron chi connectivity index (χ3n) is 5.82. The number of aryl methyl sites for hydroxylation is 1. The minimum absolute atomic E-state index is 0.00182. The van der Waals surface area contributed by atoms with Crippen molar-refractivity contribution in [3.05, 3.63) is 11.5 Å². The Kier molecular flexibility index (Phi) is 5.06. The normalized spacial score (nSPS) is 26.9. The van der Waals surface area contributed by atoms with Crippen LogP contribution in [0.4, 0.5) is 0 Å². The predicted octanol–water partition coefficient (Wildman–Crippen LogP) is 2.30. The first-order chi connectivity index (χ1) is 12.2. The van der Waals surface area contributed by atoms with Gasteiger partial charge in [0, 0.05) is 37.5 Å². The standard InChI is InChI=1S/C18H27N3O3S/c1-12-17(25-13-6-3-2-4-7-13)16(24-19-12)18(23)21-11-14-15(21)10-20(14)8-5-9-22/h13-15,22H,2-11H2,1H3. The molecule has 3 fully saturated rings. The van der Waals surface area contributed by atoms with E-state index in [1.54, 1.807) is 11.8 Å². The summed E-state index contributed by atoms with van der Waals surface area (Å²) in [5, 5.41) is 13.6. The molecular weight excluding hydrogens is 338 g/mol. The van der Waals surface area contributed by atoms with E-state index in [0.717, 1.165) is 36.6 Å². The van der Waals surface area contributed by atoms with Crippen molar-refractivity contribution < 1.29 is 14.4 Å². The van der Waals surface area contributed by atoms with E-state index in [1.165, 1.54) is 32.1 Å². The van der Waals surface area contributed by atoms with Crippen molar-refractivity contribution in [2.45, 2.75) is 67.7 Å². The van der Waals surface area contributed by atoms with Gasteiger partial charge in [0.05, 0.1) is 16.6 Å². The molecule has 1 saturated carbocycles. The van der Waals surface area contributed by atoms with E-state index in [4.69, 9.17) is 9.63 Å². The lowest BCUT2D eigenvalue weighted by Crippen LogP contribution is -2.79. The summed E-state index contributed by atoms with van der Waals surface area (Å²) in [6, 6.07) is 0.776. The molecule has 0 radical (unpaired) electrons. The van der Waals surface area contributed by atoms with E-state index >= 15 is 0 Å². The fourth-order valence-corrected chi connectivity index (χ4v) is 5.57. The molecular formula is C18H27N3O3S. The fourth-order valence-electron chi connectivity index (χ4n) is 4.23. The van der Waals surface area contributed by atoms with Crippen molar-refractivity contribution in [3.8, 4) is 0 Å². The molecule has 0 bridgehead atoms. The number of nitrogens with zero attached hydrogens (tertiary/aromatic N) is 3. The molecule has 1 aromatic rings. The molecule has 25 heavy (non-hydrogen) atoms. The van der Waals surface area contributed by atoms with E-state index < -0.39 is 0 Å². The molecule has 2 saturated heterocycles. The van der Waals surface area contributed by atoms with Gasteiger partial charge in [0.1, 0.15) is 0 Å². The molecule has 2 unspecified atom stereocenters. The van der Waals surface area contributed by atoms with Crippen LogP contribution in [0.5, 0.6) is 0 Å². The Bertz CT molecular complexity index is 629. The largest absolute Gasteiger partial charge is 0.396 e. The van der Waals surface area contributed by atoms with Gasteiger partial charge in [-0.3, -0.25) is 9.69 Å². The van der Waals surface area contributed by atoms with Crippen molar-refractivity contribution in [1.29, 1.82) is 0 Å². The topological polar surface area (TPSA) is 69.8 Å². The summed E-state index contributed by atoms with van der Waals surface area (Å²) in [6.07, 6.45) is 7.14. The van der Waals surface area contributed by atoms with Crippen molar-refractivity contribution in [1.82, 2.24) is 15.0 Å². The van der Waals surface area contributed by atoms with Crippen LogP contribution in [0.2, 0.25) is 0 Å². The predicted molar refractivity (Wildman–Crippen MR) is 95.9 cm³/mol. The zero-order valence-electron chi connectivity index (χ0n) is 14.8. The van der Waals surface area contributed by atoms with Gasteiger partial charge in [-0.1, -0.05) is 24.4 Å². The molecule has 3 heterocycles. The minimum Gasteiger partial charge on any atom is -0.396 e. The molecule has 7 heteroatoms. The van der Waals surface area contributed by atoms with E-state index in [0.29, 0.717) is 23.1 Å². The molecule has 1 aliphatic carbocycles. The van der Waals surface area contributed by atoms with Crippen LogP contribution in [0.3, 0.4) is 0 Å². The second kappa shape index (κ2) is 7.29. The Balaban J connectivity index is 1.39. The lowest BCUT2D eigenvalue weighted by Gasteiger charge is -2.61. The van der Waals surface area contributed by atoms with Crippen LogP contribution in [-0.4, -0.2) is 69.5 Å². The zero-order chi connectivity index (χ0) is 17.4. The number of carbonyl (C=O) groups is 1. The van der Waals surface area contributed by atoms with Gasteiger partial charge in [0.25, 0.3) is 5.91 Å². The van der Waals surface area contributed by atoms with Crippen LogP contribution in [0.15, 0.2) is 9.42 Å². The maximum absolute atomic E-state index is 12.9. The number of piperazine rings is 1. The van der Waals surface area contributed by atoms with Gasteiger partial charge >= 0.3 is 0 Å². The monoisotopic (exact) mass is 365 g/mol. The lowest BCUT2D eigenvalue weighted by atomic mass is 9.85. The molecule has 3 aliphatic rings. The van der Waals surface area contributed by atoms with Crippen molar-refractivity contribution in [2.24, 2.45) is 0 Å². The zero-order valence-corrected chi connectivity index (χ0v) is 15.6. The van der Waals surface area contributed by atoms with Gasteiger partial charge in [-0.2, -0.15) is 0 Å². The Labute approximate surface area is 152 Å². The number of carbonyl (C=O) groups excluding carboxylic acids is 1. The number of fused-ring (bicyclic) bond motifs is 1. The average Bonchev–Trinajstić information content (AvgIpc) is 2.97. The SMILES string of the molecule is Cc1noc(C(=O)N2CC3C2CN3CCCO)c1SC1CCCCC1. The van der Waals surface area contributed by atoms with Crippen molar-refractivity contribution >= 4 is 17.7 Å². The number of likely N-dealkylation sites (tertiary alicyclic amines) is 2. The number of amides is 1. The van der Waals surface area contributed by atoms with Gasteiger partial charge in [-0.05, 0) is 26.2 Å². The average molecular weight is 365 g/mol. The van der Waals surface area contributed by atoms with Gasteiger partial charge in [-0.15, -0.1) is 11.8 Å². The molecule has 1 amide bonds. The number of aliphatic hydroxyl groups is 1. The maximum atomic E-state index is 12.9. The summed E-state index contributed by atoms with van der Waals surface area (Å²) >= 11 is 1.79. The minimum atomic E-state index is 0.00182.